The topological polar surface area (TPSA) is 37.3 Å². The van der Waals surface area contributed by atoms with E-state index in [2.05, 4.69) is 0 Å². The van der Waals surface area contributed by atoms with Crippen LogP contribution in [0.1, 0.15) is 6.42 Å². The van der Waals surface area contributed by atoms with Gasteiger partial charge in [0.05, 0.1) is 0 Å². The molecule has 0 atom stereocenters. The lowest BCUT2D eigenvalue weighted by Crippen LogP contribution is -2.70. The van der Waals surface area contributed by atoms with Crippen molar-refractivity contribution >= 4 is 5.97 Å². The predicted molar refractivity (Wildman–Crippen MR) is 43.0 cm³/mol. The van der Waals surface area contributed by atoms with Crippen LogP contribution in [0, 0.1) is 0 Å². The fourth-order valence-electron chi connectivity index (χ4n) is 1.10. The van der Waals surface area contributed by atoms with Crippen LogP contribution in [0.2, 0.25) is 0 Å². The molecule has 0 saturated heterocycles. The lowest BCUT2D eigenvalue weighted by atomic mass is 9.92. The summed E-state index contributed by atoms with van der Waals surface area (Å²) in [6, 6.07) is 0. The molecular formula is C8H3F13O2. The Hall–Kier alpha value is -1.44. The minimum atomic E-state index is -8.01. The van der Waals surface area contributed by atoms with Crippen LogP contribution in [0.5, 0.6) is 0 Å². The molecule has 0 rings (SSSR count). The van der Waals surface area contributed by atoms with Crippen molar-refractivity contribution in [2.24, 2.45) is 0 Å². The van der Waals surface area contributed by atoms with Crippen LogP contribution >= 0.6 is 0 Å². The highest BCUT2D eigenvalue weighted by Crippen LogP contribution is 2.60. The molecule has 0 aromatic rings. The minimum Gasteiger partial charge on any atom is -0.481 e. The molecule has 0 spiro atoms. The van der Waals surface area contributed by atoms with Crippen molar-refractivity contribution in [2.45, 2.75) is 42.2 Å². The number of aliphatic carboxylic acids is 1. The van der Waals surface area contributed by atoms with Crippen molar-refractivity contribution in [2.75, 3.05) is 0 Å². The van der Waals surface area contributed by atoms with E-state index in [0.29, 0.717) is 0 Å². The molecule has 1 N–H and O–H groups in total. The van der Waals surface area contributed by atoms with Gasteiger partial charge in [0.25, 0.3) is 0 Å². The fraction of sp³-hybridized carbons (Fsp3) is 0.875. The molecule has 23 heavy (non-hydrogen) atoms. The summed E-state index contributed by atoms with van der Waals surface area (Å²) in [5.41, 5.74) is 0. The molecule has 0 aliphatic rings. The van der Waals surface area contributed by atoms with Crippen molar-refractivity contribution in [1.82, 2.24) is 0 Å². The van der Waals surface area contributed by atoms with Gasteiger partial charge in [0.15, 0.2) is 0 Å². The smallest absolute Gasteiger partial charge is 0.460 e. The highest BCUT2D eigenvalue weighted by Gasteiger charge is 2.90. The summed E-state index contributed by atoms with van der Waals surface area (Å²) in [6.45, 7) is 0. The number of alkyl halides is 13. The second-order valence-electron chi connectivity index (χ2n) is 4.07. The first-order valence-corrected chi connectivity index (χ1v) is 4.84. The fourth-order valence-corrected chi connectivity index (χ4v) is 1.10. The highest BCUT2D eigenvalue weighted by atomic mass is 19.4. The van der Waals surface area contributed by atoms with E-state index in [0.717, 1.165) is 0 Å². The molecule has 0 radical (unpaired) electrons. The van der Waals surface area contributed by atoms with E-state index in [1.807, 2.05) is 0 Å². The van der Waals surface area contributed by atoms with E-state index >= 15 is 0 Å². The van der Waals surface area contributed by atoms with E-state index < -0.39 is 48.2 Å². The SMILES string of the molecule is O=C(O)CC(F)(F)C(F)(F)C(F)(F)C(F)(F)C(F)(F)C(F)(F)F. The second kappa shape index (κ2) is 5.29. The number of carboxylic acids is 1. The Kier molecular flexibility index (Phi) is 4.96. The maximum absolute atomic E-state index is 12.8. The Balaban J connectivity index is 6.19. The van der Waals surface area contributed by atoms with Gasteiger partial charge in [-0.2, -0.15) is 57.1 Å². The van der Waals surface area contributed by atoms with Gasteiger partial charge in [-0.05, 0) is 0 Å². The Bertz CT molecular complexity index is 463. The summed E-state index contributed by atoms with van der Waals surface area (Å²) in [7, 11) is 0. The summed E-state index contributed by atoms with van der Waals surface area (Å²) in [5, 5.41) is 7.80. The number of rotatable bonds is 6. The molecule has 0 saturated carbocycles. The van der Waals surface area contributed by atoms with Gasteiger partial charge >= 0.3 is 41.8 Å². The molecule has 0 aliphatic heterocycles. The van der Waals surface area contributed by atoms with Gasteiger partial charge in [0.2, 0.25) is 0 Å². The Morgan fingerprint density at radius 1 is 0.609 bits per heavy atom. The molecule has 15 heteroatoms. The largest absolute Gasteiger partial charge is 0.481 e. The van der Waals surface area contributed by atoms with E-state index in [1.54, 1.807) is 0 Å². The molecule has 0 fully saturated rings. The van der Waals surface area contributed by atoms with Gasteiger partial charge in [-0.25, -0.2) is 0 Å². The van der Waals surface area contributed by atoms with Crippen molar-refractivity contribution in [3.63, 3.8) is 0 Å². The summed E-state index contributed by atoms with van der Waals surface area (Å²) >= 11 is 0. The number of carbonyl (C=O) groups is 1. The minimum absolute atomic E-state index is 2.93. The normalized spacial score (nSPS) is 15.7. The van der Waals surface area contributed by atoms with Crippen LogP contribution < -0.4 is 0 Å². The van der Waals surface area contributed by atoms with E-state index in [4.69, 9.17) is 5.11 Å². The molecule has 2 nitrogen and oxygen atoms in total. The Morgan fingerprint density at radius 3 is 1.17 bits per heavy atom. The zero-order chi connectivity index (χ0) is 19.3. The van der Waals surface area contributed by atoms with Gasteiger partial charge in [0.1, 0.15) is 6.42 Å². The Morgan fingerprint density at radius 2 is 0.913 bits per heavy atom. The first kappa shape index (κ1) is 21.6. The van der Waals surface area contributed by atoms with Gasteiger partial charge in [-0.3, -0.25) is 4.79 Å². The first-order chi connectivity index (χ1) is 9.67. The van der Waals surface area contributed by atoms with E-state index in [-0.39, 0.29) is 0 Å². The number of hydrogen-bond donors (Lipinski definition) is 1. The molecule has 0 unspecified atom stereocenters. The summed E-state index contributed by atoms with van der Waals surface area (Å²) in [4.78, 5) is 9.82. The van der Waals surface area contributed by atoms with E-state index in [9.17, 15) is 61.9 Å². The van der Waals surface area contributed by atoms with E-state index in [1.165, 1.54) is 0 Å². The third kappa shape index (κ3) is 3.00. The Labute approximate surface area is 116 Å². The van der Waals surface area contributed by atoms with Crippen LogP contribution in [0.4, 0.5) is 57.1 Å². The third-order valence-corrected chi connectivity index (χ3v) is 2.37. The first-order valence-electron chi connectivity index (χ1n) is 4.84. The highest BCUT2D eigenvalue weighted by molar-refractivity contribution is 5.68. The number of carboxylic acid groups (broad SMARTS) is 1. The summed E-state index contributed by atoms with van der Waals surface area (Å²) in [6.07, 6.45) is -10.7. The zero-order valence-corrected chi connectivity index (χ0v) is 9.98. The predicted octanol–water partition coefficient (Wildman–Crippen LogP) is 4.20. The molecule has 138 valence electrons. The van der Waals surface area contributed by atoms with Crippen LogP contribution in [-0.4, -0.2) is 46.9 Å². The standard InChI is InChI=1S/C8H3F13O2/c9-3(10,1-2(22)23)4(11,12)5(13,14)6(15,16)7(17,18)8(19,20)21/h1H2,(H,22,23). The molecular weight excluding hydrogens is 375 g/mol. The average Bonchev–Trinajstić information content (AvgIpc) is 2.24. The molecule has 0 aromatic heterocycles. The summed E-state index contributed by atoms with van der Waals surface area (Å²) < 4.78 is 162. The van der Waals surface area contributed by atoms with Crippen LogP contribution in [0.25, 0.3) is 0 Å². The van der Waals surface area contributed by atoms with Gasteiger partial charge in [-0.15, -0.1) is 0 Å². The van der Waals surface area contributed by atoms with Gasteiger partial charge in [-0.1, -0.05) is 0 Å². The molecule has 0 bridgehead atoms. The molecule has 0 aliphatic carbocycles. The maximum atomic E-state index is 12.8. The van der Waals surface area contributed by atoms with Crippen molar-refractivity contribution in [1.29, 1.82) is 0 Å². The second-order valence-corrected chi connectivity index (χ2v) is 4.07. The number of halogens is 13. The van der Waals surface area contributed by atoms with Crippen LogP contribution in [0.15, 0.2) is 0 Å². The maximum Gasteiger partial charge on any atom is 0.460 e. The van der Waals surface area contributed by atoms with Crippen molar-refractivity contribution in [3.8, 4) is 0 Å². The van der Waals surface area contributed by atoms with Gasteiger partial charge < -0.3 is 5.11 Å². The quantitative estimate of drug-likeness (QED) is 0.704. The average molecular weight is 378 g/mol. The monoisotopic (exact) mass is 378 g/mol. The molecule has 0 heterocycles. The lowest BCUT2D eigenvalue weighted by molar-refractivity contribution is -0.439. The van der Waals surface area contributed by atoms with Crippen LogP contribution in [-0.2, 0) is 4.79 Å². The van der Waals surface area contributed by atoms with Crippen molar-refractivity contribution < 1.29 is 67.0 Å². The van der Waals surface area contributed by atoms with Gasteiger partial charge in [0, 0.05) is 0 Å². The molecule has 0 amide bonds. The lowest BCUT2D eigenvalue weighted by Gasteiger charge is -2.39. The molecule has 0 aromatic carbocycles. The third-order valence-electron chi connectivity index (χ3n) is 2.37. The van der Waals surface area contributed by atoms with Crippen molar-refractivity contribution in [3.05, 3.63) is 0 Å². The zero-order valence-electron chi connectivity index (χ0n) is 9.98. The summed E-state index contributed by atoms with van der Waals surface area (Å²) in [5.74, 6) is -40.8. The number of hydrogen-bond acceptors (Lipinski definition) is 1. The van der Waals surface area contributed by atoms with Crippen LogP contribution in [0.3, 0.4) is 0 Å².